The third kappa shape index (κ3) is 3.81. The lowest BCUT2D eigenvalue weighted by atomic mass is 10.1. The van der Waals surface area contributed by atoms with Crippen LogP contribution in [0.2, 0.25) is 0 Å². The van der Waals surface area contributed by atoms with Gasteiger partial charge in [0.2, 0.25) is 11.2 Å². The van der Waals surface area contributed by atoms with Gasteiger partial charge < -0.3 is 13.9 Å². The monoisotopic (exact) mass is 455 g/mol. The molecule has 8 nitrogen and oxygen atoms in total. The minimum atomic E-state index is -0.810. The summed E-state index contributed by atoms with van der Waals surface area (Å²) in [5.41, 5.74) is 1.36. The molecule has 0 atom stereocenters. The molecular formula is C26H17NO7. The lowest BCUT2D eigenvalue weighted by Crippen LogP contribution is -2.36. The lowest BCUT2D eigenvalue weighted by Gasteiger charge is -2.13. The fourth-order valence-electron chi connectivity index (χ4n) is 3.63. The highest BCUT2D eigenvalue weighted by Crippen LogP contribution is 2.25. The average molecular weight is 455 g/mol. The van der Waals surface area contributed by atoms with E-state index in [0.29, 0.717) is 5.75 Å². The molecule has 8 heteroatoms. The zero-order valence-electron chi connectivity index (χ0n) is 17.9. The summed E-state index contributed by atoms with van der Waals surface area (Å²) in [5, 5.41) is 0.241. The van der Waals surface area contributed by atoms with Crippen molar-refractivity contribution in [3.05, 3.63) is 99.9 Å². The third-order valence-electron chi connectivity index (χ3n) is 5.36. The normalized spacial score (nSPS) is 12.7. The van der Waals surface area contributed by atoms with Crippen LogP contribution < -0.4 is 14.9 Å². The third-order valence-corrected chi connectivity index (χ3v) is 5.36. The predicted molar refractivity (Wildman–Crippen MR) is 121 cm³/mol. The number of ether oxygens (including phenoxy) is 2. The van der Waals surface area contributed by atoms with E-state index in [2.05, 4.69) is 0 Å². The number of imide groups is 1. The summed E-state index contributed by atoms with van der Waals surface area (Å²) >= 11 is 0. The van der Waals surface area contributed by atoms with Gasteiger partial charge in [-0.3, -0.25) is 19.3 Å². The number of rotatable bonds is 5. The summed E-state index contributed by atoms with van der Waals surface area (Å²) in [6, 6.07) is 17.8. The van der Waals surface area contributed by atoms with Crippen LogP contribution in [0.5, 0.6) is 17.2 Å². The first-order valence-electron chi connectivity index (χ1n) is 10.4. The second-order valence-corrected chi connectivity index (χ2v) is 7.72. The summed E-state index contributed by atoms with van der Waals surface area (Å²) in [7, 11) is 0. The van der Waals surface area contributed by atoms with Crippen LogP contribution in [0.15, 0.2) is 82.2 Å². The van der Waals surface area contributed by atoms with E-state index in [9.17, 15) is 19.2 Å². The molecule has 0 N–H and O–H groups in total. The van der Waals surface area contributed by atoms with Gasteiger partial charge in [-0.1, -0.05) is 29.8 Å². The maximum absolute atomic E-state index is 12.8. The largest absolute Gasteiger partial charge is 0.460 e. The minimum Gasteiger partial charge on any atom is -0.460 e. The van der Waals surface area contributed by atoms with E-state index in [1.165, 1.54) is 36.6 Å². The molecule has 0 saturated carbocycles. The molecule has 1 aromatic heterocycles. The number of esters is 1. The van der Waals surface area contributed by atoms with Crippen LogP contribution in [0.3, 0.4) is 0 Å². The second kappa shape index (κ2) is 8.32. The molecular weight excluding hydrogens is 438 g/mol. The number of amides is 2. The van der Waals surface area contributed by atoms with Crippen molar-refractivity contribution in [2.75, 3.05) is 6.54 Å². The van der Waals surface area contributed by atoms with Crippen LogP contribution in [0.4, 0.5) is 0 Å². The van der Waals surface area contributed by atoms with Crippen molar-refractivity contribution in [2.24, 2.45) is 0 Å². The Morgan fingerprint density at radius 3 is 2.21 bits per heavy atom. The number of nitrogens with zero attached hydrogens (tertiary/aromatic N) is 1. The highest BCUT2D eigenvalue weighted by molar-refractivity contribution is 6.22. The van der Waals surface area contributed by atoms with Crippen molar-refractivity contribution >= 4 is 28.8 Å². The standard InChI is InChI=1S/C26H17NO7/c1-15-6-8-16(9-7-15)33-22-14-32-21-12-17(10-11-20(21)24(22)29)34-23(28)13-27-25(30)18-4-2-3-5-19(18)26(27)31/h2-12,14H,13H2,1H3. The topological polar surface area (TPSA) is 103 Å². The fourth-order valence-corrected chi connectivity index (χ4v) is 3.63. The summed E-state index contributed by atoms with van der Waals surface area (Å²) < 4.78 is 16.4. The first-order valence-corrected chi connectivity index (χ1v) is 10.4. The molecule has 168 valence electrons. The summed E-state index contributed by atoms with van der Waals surface area (Å²) in [5.74, 6) is -1.30. The van der Waals surface area contributed by atoms with Crippen molar-refractivity contribution in [3.8, 4) is 17.2 Å². The van der Waals surface area contributed by atoms with E-state index in [0.717, 1.165) is 10.5 Å². The predicted octanol–water partition coefficient (Wildman–Crippen LogP) is 4.10. The molecule has 4 aromatic rings. The SMILES string of the molecule is Cc1ccc(Oc2coc3cc(OC(=O)CN4C(=O)c5ccccc5C4=O)ccc3c2=O)cc1. The Morgan fingerprint density at radius 2 is 1.53 bits per heavy atom. The average Bonchev–Trinajstić information content (AvgIpc) is 3.07. The molecule has 2 heterocycles. The van der Waals surface area contributed by atoms with Gasteiger partial charge in [0.25, 0.3) is 11.8 Å². The molecule has 5 rings (SSSR count). The van der Waals surface area contributed by atoms with E-state index in [-0.39, 0.29) is 39.0 Å². The number of carbonyl (C=O) groups is 3. The van der Waals surface area contributed by atoms with E-state index in [1.54, 1.807) is 24.3 Å². The number of fused-ring (bicyclic) bond motifs is 2. The molecule has 34 heavy (non-hydrogen) atoms. The minimum absolute atomic E-state index is 0.0201. The summed E-state index contributed by atoms with van der Waals surface area (Å²) in [6.07, 6.45) is 1.19. The molecule has 2 amide bonds. The molecule has 0 bridgehead atoms. The van der Waals surface area contributed by atoms with Crippen LogP contribution in [0.1, 0.15) is 26.3 Å². The Labute approximate surface area is 192 Å². The Bertz CT molecular complexity index is 1480. The second-order valence-electron chi connectivity index (χ2n) is 7.72. The van der Waals surface area contributed by atoms with Crippen molar-refractivity contribution < 1.29 is 28.3 Å². The van der Waals surface area contributed by atoms with Crippen LogP contribution >= 0.6 is 0 Å². The number of benzene rings is 3. The smallest absolute Gasteiger partial charge is 0.331 e. The quantitative estimate of drug-likeness (QED) is 0.254. The molecule has 0 unspecified atom stereocenters. The molecule has 0 saturated heterocycles. The molecule has 0 spiro atoms. The maximum Gasteiger partial charge on any atom is 0.331 e. The molecule has 0 radical (unpaired) electrons. The zero-order valence-corrected chi connectivity index (χ0v) is 17.9. The van der Waals surface area contributed by atoms with E-state index in [4.69, 9.17) is 13.9 Å². The van der Waals surface area contributed by atoms with Gasteiger partial charge in [-0.2, -0.15) is 0 Å². The first kappa shape index (κ1) is 21.1. The fraction of sp³-hybridized carbons (Fsp3) is 0.0769. The van der Waals surface area contributed by atoms with Crippen molar-refractivity contribution in [1.29, 1.82) is 0 Å². The zero-order chi connectivity index (χ0) is 23.8. The van der Waals surface area contributed by atoms with Crippen LogP contribution in [-0.4, -0.2) is 29.2 Å². The van der Waals surface area contributed by atoms with Gasteiger partial charge >= 0.3 is 5.97 Å². The van der Waals surface area contributed by atoms with Gasteiger partial charge in [0.1, 0.15) is 29.9 Å². The van der Waals surface area contributed by atoms with E-state index < -0.39 is 24.3 Å². The van der Waals surface area contributed by atoms with Gasteiger partial charge in [0.15, 0.2) is 0 Å². The van der Waals surface area contributed by atoms with Crippen LogP contribution in [0, 0.1) is 6.92 Å². The highest BCUT2D eigenvalue weighted by Gasteiger charge is 2.36. The van der Waals surface area contributed by atoms with E-state index >= 15 is 0 Å². The Kier molecular flexibility index (Phi) is 5.18. The van der Waals surface area contributed by atoms with Gasteiger partial charge in [-0.25, -0.2) is 4.79 Å². The number of hydrogen-bond acceptors (Lipinski definition) is 7. The van der Waals surface area contributed by atoms with Gasteiger partial charge in [0, 0.05) is 6.07 Å². The molecule has 0 fully saturated rings. The van der Waals surface area contributed by atoms with Crippen molar-refractivity contribution in [1.82, 2.24) is 4.90 Å². The number of aryl methyl sites for hydroxylation is 1. The highest BCUT2D eigenvalue weighted by atomic mass is 16.5. The van der Waals surface area contributed by atoms with Gasteiger partial charge in [0.05, 0.1) is 16.5 Å². The number of carbonyl (C=O) groups excluding carboxylic acids is 3. The first-order chi connectivity index (χ1) is 16.4. The molecule has 0 aliphatic carbocycles. The van der Waals surface area contributed by atoms with Crippen molar-refractivity contribution in [2.45, 2.75) is 6.92 Å². The Hall–Kier alpha value is -4.72. The van der Waals surface area contributed by atoms with E-state index in [1.807, 2.05) is 19.1 Å². The number of hydrogen-bond donors (Lipinski definition) is 0. The molecule has 1 aliphatic rings. The Balaban J connectivity index is 1.31. The van der Waals surface area contributed by atoms with Gasteiger partial charge in [-0.15, -0.1) is 0 Å². The molecule has 1 aliphatic heterocycles. The Morgan fingerprint density at radius 1 is 0.882 bits per heavy atom. The molecule has 3 aromatic carbocycles. The summed E-state index contributed by atoms with van der Waals surface area (Å²) in [4.78, 5) is 50.9. The maximum atomic E-state index is 12.8. The van der Waals surface area contributed by atoms with Crippen LogP contribution in [-0.2, 0) is 4.79 Å². The lowest BCUT2D eigenvalue weighted by molar-refractivity contribution is -0.134. The van der Waals surface area contributed by atoms with Crippen LogP contribution in [0.25, 0.3) is 11.0 Å². The van der Waals surface area contributed by atoms with Gasteiger partial charge in [-0.05, 0) is 43.3 Å². The van der Waals surface area contributed by atoms with Crippen molar-refractivity contribution in [3.63, 3.8) is 0 Å². The summed E-state index contributed by atoms with van der Waals surface area (Å²) in [6.45, 7) is 1.40.